The number of benzene rings is 8. The Bertz CT molecular complexity index is 3400. The first kappa shape index (κ1) is 30.7. The molecule has 5 nitrogen and oxygen atoms in total. The first-order valence-corrected chi connectivity index (χ1v) is 18.3. The molecule has 11 rings (SSSR count). The maximum absolute atomic E-state index is 10.4. The molecule has 0 aliphatic rings. The Kier molecular flexibility index (Phi) is 6.61. The van der Waals surface area contributed by atoms with Gasteiger partial charge in [-0.2, -0.15) is 10.5 Å². The topological polar surface area (TPSA) is 62.4 Å². The number of hydrogen-bond donors (Lipinski definition) is 0. The molecular formula is C50H29N5. The van der Waals surface area contributed by atoms with E-state index in [2.05, 4.69) is 165 Å². The average molecular weight is 700 g/mol. The lowest BCUT2D eigenvalue weighted by Gasteiger charge is -2.13. The van der Waals surface area contributed by atoms with Crippen molar-refractivity contribution in [1.82, 2.24) is 13.7 Å². The molecule has 3 aromatic heterocycles. The number of fused-ring (bicyclic) bond motifs is 9. The van der Waals surface area contributed by atoms with Gasteiger partial charge in [0.15, 0.2) is 0 Å². The van der Waals surface area contributed by atoms with E-state index >= 15 is 0 Å². The van der Waals surface area contributed by atoms with Crippen molar-refractivity contribution in [2.45, 2.75) is 0 Å². The molecule has 0 unspecified atom stereocenters. The van der Waals surface area contributed by atoms with Gasteiger partial charge in [-0.3, -0.25) is 0 Å². The zero-order valence-corrected chi connectivity index (χ0v) is 29.5. The fraction of sp³-hybridized carbons (Fsp3) is 0. The van der Waals surface area contributed by atoms with Crippen molar-refractivity contribution in [2.75, 3.05) is 0 Å². The Morgan fingerprint density at radius 2 is 0.855 bits per heavy atom. The van der Waals surface area contributed by atoms with Gasteiger partial charge in [0.05, 0.1) is 62.1 Å². The average Bonchev–Trinajstić information content (AvgIpc) is 3.89. The summed E-state index contributed by atoms with van der Waals surface area (Å²) in [5, 5.41) is 27.0. The molecule has 254 valence electrons. The van der Waals surface area contributed by atoms with Crippen molar-refractivity contribution >= 4 is 65.4 Å². The zero-order chi connectivity index (χ0) is 36.6. The molecule has 0 bridgehead atoms. The number of nitrogens with zero attached hydrogens (tertiary/aromatic N) is 5. The maximum Gasteiger partial charge on any atom is 0.0992 e. The highest BCUT2D eigenvalue weighted by Crippen LogP contribution is 2.41. The Labute approximate surface area is 316 Å². The Morgan fingerprint density at radius 1 is 0.327 bits per heavy atom. The smallest absolute Gasteiger partial charge is 0.0992 e. The van der Waals surface area contributed by atoms with Crippen LogP contribution < -0.4 is 0 Å². The number of para-hydroxylation sites is 4. The van der Waals surface area contributed by atoms with Crippen LogP contribution >= 0.6 is 0 Å². The number of nitriles is 2. The third-order valence-corrected chi connectivity index (χ3v) is 11.1. The highest BCUT2D eigenvalue weighted by molar-refractivity contribution is 6.16. The molecule has 0 radical (unpaired) electrons. The largest absolute Gasteiger partial charge is 0.309 e. The highest BCUT2D eigenvalue weighted by atomic mass is 15.0. The van der Waals surface area contributed by atoms with E-state index in [9.17, 15) is 10.5 Å². The third kappa shape index (κ3) is 4.51. The summed E-state index contributed by atoms with van der Waals surface area (Å²) >= 11 is 0. The lowest BCUT2D eigenvalue weighted by atomic mass is 10.0. The zero-order valence-electron chi connectivity index (χ0n) is 29.5. The molecular weight excluding hydrogens is 671 g/mol. The van der Waals surface area contributed by atoms with E-state index in [1.807, 2.05) is 36.4 Å². The minimum absolute atomic E-state index is 0.590. The summed E-state index contributed by atoms with van der Waals surface area (Å²) in [7, 11) is 0. The third-order valence-electron chi connectivity index (χ3n) is 11.1. The molecule has 0 N–H and O–H groups in total. The van der Waals surface area contributed by atoms with Crippen molar-refractivity contribution in [3.8, 4) is 40.3 Å². The molecule has 11 aromatic rings. The van der Waals surface area contributed by atoms with Crippen LogP contribution in [0.25, 0.3) is 93.6 Å². The van der Waals surface area contributed by atoms with Crippen molar-refractivity contribution in [3.63, 3.8) is 0 Å². The second-order valence-electron chi connectivity index (χ2n) is 14.0. The van der Waals surface area contributed by atoms with E-state index in [-0.39, 0.29) is 0 Å². The Morgan fingerprint density at radius 3 is 1.49 bits per heavy atom. The van der Waals surface area contributed by atoms with Crippen molar-refractivity contribution in [1.29, 1.82) is 10.5 Å². The molecule has 55 heavy (non-hydrogen) atoms. The van der Waals surface area contributed by atoms with Gasteiger partial charge in [0.2, 0.25) is 0 Å². The second kappa shape index (κ2) is 11.8. The fourth-order valence-electron chi connectivity index (χ4n) is 8.74. The van der Waals surface area contributed by atoms with Crippen molar-refractivity contribution < 1.29 is 0 Å². The number of aromatic nitrogens is 3. The Balaban J connectivity index is 1.10. The summed E-state index contributed by atoms with van der Waals surface area (Å²) < 4.78 is 6.91. The van der Waals surface area contributed by atoms with Crippen LogP contribution in [0.2, 0.25) is 0 Å². The molecule has 0 spiro atoms. The van der Waals surface area contributed by atoms with Crippen LogP contribution in [0, 0.1) is 22.7 Å². The summed E-state index contributed by atoms with van der Waals surface area (Å²) in [5.74, 6) is 0. The summed E-state index contributed by atoms with van der Waals surface area (Å²) in [4.78, 5) is 0. The van der Waals surface area contributed by atoms with Gasteiger partial charge in [-0.1, -0.05) is 97.1 Å². The second-order valence-corrected chi connectivity index (χ2v) is 14.0. The highest BCUT2D eigenvalue weighted by Gasteiger charge is 2.20. The monoisotopic (exact) mass is 699 g/mol. The van der Waals surface area contributed by atoms with Gasteiger partial charge in [0.25, 0.3) is 0 Å². The van der Waals surface area contributed by atoms with Crippen LogP contribution in [-0.2, 0) is 0 Å². The van der Waals surface area contributed by atoms with E-state index in [4.69, 9.17) is 0 Å². The molecule has 0 saturated heterocycles. The van der Waals surface area contributed by atoms with Crippen LogP contribution in [0.5, 0.6) is 0 Å². The van der Waals surface area contributed by atoms with Crippen LogP contribution in [0.1, 0.15) is 11.1 Å². The standard InChI is InChI=1S/C50H29N5/c51-30-32-20-25-41-40-12-1-5-14-43(40)53(49(41)28-32)36-23-21-34(22-24-36)35-26-33(31-52)27-37(29-35)54-46-17-8-4-13-42(46)50-47(54)18-9-19-48(50)55-44-15-6-2-10-38(44)39-11-3-7-16-45(39)55/h1-29H. The van der Waals surface area contributed by atoms with Crippen LogP contribution in [-0.4, -0.2) is 13.7 Å². The van der Waals surface area contributed by atoms with E-state index in [1.54, 1.807) is 0 Å². The molecule has 0 fully saturated rings. The summed E-state index contributed by atoms with van der Waals surface area (Å²) in [5.41, 5.74) is 12.8. The van der Waals surface area contributed by atoms with Gasteiger partial charge in [-0.25, -0.2) is 0 Å². The molecule has 5 heteroatoms. The van der Waals surface area contributed by atoms with Gasteiger partial charge < -0.3 is 13.7 Å². The molecule has 0 aliphatic heterocycles. The molecule has 0 saturated carbocycles. The number of rotatable bonds is 4. The van der Waals surface area contributed by atoms with Gasteiger partial charge in [0.1, 0.15) is 0 Å². The lowest BCUT2D eigenvalue weighted by molar-refractivity contribution is 1.17. The number of hydrogen-bond acceptors (Lipinski definition) is 2. The lowest BCUT2D eigenvalue weighted by Crippen LogP contribution is -1.98. The molecule has 8 aromatic carbocycles. The first-order valence-electron chi connectivity index (χ1n) is 18.3. The molecule has 0 aliphatic carbocycles. The summed E-state index contributed by atoms with van der Waals surface area (Å²) in [6, 6.07) is 65.9. The van der Waals surface area contributed by atoms with Crippen LogP contribution in [0.15, 0.2) is 176 Å². The van der Waals surface area contributed by atoms with Crippen molar-refractivity contribution in [2.24, 2.45) is 0 Å². The normalized spacial score (nSPS) is 11.6. The summed E-state index contributed by atoms with van der Waals surface area (Å²) in [6.07, 6.45) is 0. The molecule has 3 heterocycles. The van der Waals surface area contributed by atoms with E-state index in [0.717, 1.165) is 82.8 Å². The maximum atomic E-state index is 10.4. The van der Waals surface area contributed by atoms with Gasteiger partial charge in [0, 0.05) is 43.7 Å². The fourth-order valence-corrected chi connectivity index (χ4v) is 8.74. The first-order chi connectivity index (χ1) is 27.2. The van der Waals surface area contributed by atoms with Gasteiger partial charge in [-0.05, 0) is 90.0 Å². The summed E-state index contributed by atoms with van der Waals surface area (Å²) in [6.45, 7) is 0. The minimum atomic E-state index is 0.590. The van der Waals surface area contributed by atoms with E-state index < -0.39 is 0 Å². The predicted molar refractivity (Wildman–Crippen MR) is 224 cm³/mol. The SMILES string of the molecule is N#Cc1cc(-c2ccc(-n3c4ccccc4c4ccc(C#N)cc43)cc2)cc(-n2c3ccccc3c3c(-n4c5ccccc5c5ccccc54)cccc32)c1. The predicted octanol–water partition coefficient (Wildman–Crippen LogP) is 12.4. The minimum Gasteiger partial charge on any atom is -0.309 e. The Hall–Kier alpha value is -7.86. The van der Waals surface area contributed by atoms with Crippen LogP contribution in [0.3, 0.4) is 0 Å². The molecule has 0 atom stereocenters. The quantitative estimate of drug-likeness (QED) is 0.184. The van der Waals surface area contributed by atoms with Crippen molar-refractivity contribution in [3.05, 3.63) is 187 Å². The van der Waals surface area contributed by atoms with E-state index in [0.29, 0.717) is 11.1 Å². The van der Waals surface area contributed by atoms with Crippen LogP contribution in [0.4, 0.5) is 0 Å². The van der Waals surface area contributed by atoms with Gasteiger partial charge in [-0.15, -0.1) is 0 Å². The van der Waals surface area contributed by atoms with E-state index in [1.165, 1.54) is 10.8 Å². The molecule has 0 amide bonds. The van der Waals surface area contributed by atoms with Gasteiger partial charge >= 0.3 is 0 Å².